The fourth-order valence-electron chi connectivity index (χ4n) is 4.27. The number of hydrogen-bond acceptors (Lipinski definition) is 10. The van der Waals surface area contributed by atoms with Crippen LogP contribution in [0.3, 0.4) is 0 Å². The van der Waals surface area contributed by atoms with Gasteiger partial charge >= 0.3 is 6.09 Å². The number of nitrogens with one attached hydrogen (secondary N) is 1. The molecule has 2 amide bonds. The van der Waals surface area contributed by atoms with Gasteiger partial charge in [-0.25, -0.2) is 24.1 Å². The second kappa shape index (κ2) is 13.8. The first-order valence-corrected chi connectivity index (χ1v) is 13.2. The Morgan fingerprint density at radius 3 is 2.66 bits per heavy atom. The number of benzene rings is 1. The standard InChI is InChI=1S/C27H32FN7O6/c1-2-30-26(38)23(20(37)14-36)40-16-35-15-31-22-24(29)32-21(33-25(22)35)5-3-4-17-10-12-34(13-11-17)27(39)41-19-8-6-18(28)7-9-19/h6-9,15,17,20,23,36-37H,2,4,10-14,16H2,1H3,(H,30,38)(H2,29,32,33)/t20-,23+/m1/s1. The molecule has 0 radical (unpaired) electrons. The van der Waals surface area contributed by atoms with Crippen LogP contribution >= 0.6 is 0 Å². The predicted molar refractivity (Wildman–Crippen MR) is 145 cm³/mol. The maximum absolute atomic E-state index is 13.1. The van der Waals surface area contributed by atoms with Crippen molar-refractivity contribution < 1.29 is 33.7 Å². The van der Waals surface area contributed by atoms with E-state index >= 15 is 0 Å². The summed E-state index contributed by atoms with van der Waals surface area (Å²) >= 11 is 0. The number of imidazole rings is 1. The second-order valence-electron chi connectivity index (χ2n) is 9.44. The van der Waals surface area contributed by atoms with Gasteiger partial charge in [0.1, 0.15) is 29.9 Å². The highest BCUT2D eigenvalue weighted by Gasteiger charge is 2.27. The molecule has 1 aliphatic rings. The summed E-state index contributed by atoms with van der Waals surface area (Å²) in [5, 5.41) is 21.8. The Hall–Kier alpha value is -4.32. The molecule has 13 nitrogen and oxygen atoms in total. The fraction of sp³-hybridized carbons (Fsp3) is 0.444. The molecule has 41 heavy (non-hydrogen) atoms. The van der Waals surface area contributed by atoms with Gasteiger partial charge in [-0.05, 0) is 55.9 Å². The van der Waals surface area contributed by atoms with Gasteiger partial charge in [0.05, 0.1) is 12.9 Å². The predicted octanol–water partition coefficient (Wildman–Crippen LogP) is 1.03. The second-order valence-corrected chi connectivity index (χ2v) is 9.44. The van der Waals surface area contributed by atoms with Crippen LogP contribution in [0.15, 0.2) is 30.6 Å². The summed E-state index contributed by atoms with van der Waals surface area (Å²) in [6.07, 6.45) is 0.288. The van der Waals surface area contributed by atoms with E-state index in [0.29, 0.717) is 37.2 Å². The summed E-state index contributed by atoms with van der Waals surface area (Å²) in [6, 6.07) is 5.29. The number of aliphatic hydroxyl groups is 2. The van der Waals surface area contributed by atoms with Crippen LogP contribution < -0.4 is 15.8 Å². The van der Waals surface area contributed by atoms with E-state index in [2.05, 4.69) is 32.1 Å². The number of fused-ring (bicyclic) bond motifs is 1. The average Bonchev–Trinajstić information content (AvgIpc) is 3.38. The van der Waals surface area contributed by atoms with E-state index in [1.165, 1.54) is 35.2 Å². The molecule has 2 aromatic heterocycles. The molecule has 1 aromatic carbocycles. The molecule has 4 rings (SSSR count). The van der Waals surface area contributed by atoms with Crippen molar-refractivity contribution in [3.8, 4) is 17.6 Å². The SMILES string of the molecule is CCNC(=O)[C@@H](OCn1cnc2c(N)nc(C#CCC3CCN(C(=O)Oc4ccc(F)cc4)CC3)nc21)[C@H](O)CO. The van der Waals surface area contributed by atoms with Crippen molar-refractivity contribution in [1.82, 2.24) is 29.7 Å². The molecule has 1 saturated heterocycles. The number of rotatable bonds is 9. The Bertz CT molecular complexity index is 1410. The highest BCUT2D eigenvalue weighted by Crippen LogP contribution is 2.22. The van der Waals surface area contributed by atoms with Crippen molar-refractivity contribution in [1.29, 1.82) is 0 Å². The van der Waals surface area contributed by atoms with Crippen LogP contribution in [-0.4, -0.2) is 85.1 Å². The number of ether oxygens (including phenoxy) is 2. The number of aliphatic hydroxyl groups excluding tert-OH is 2. The zero-order valence-electron chi connectivity index (χ0n) is 22.5. The summed E-state index contributed by atoms with van der Waals surface area (Å²) in [7, 11) is 0. The minimum atomic E-state index is -1.41. The lowest BCUT2D eigenvalue weighted by atomic mass is 9.94. The quantitative estimate of drug-likeness (QED) is 0.272. The van der Waals surface area contributed by atoms with Crippen molar-refractivity contribution in [3.05, 3.63) is 42.2 Å². The maximum Gasteiger partial charge on any atom is 0.415 e. The highest BCUT2D eigenvalue weighted by molar-refractivity contribution is 5.82. The van der Waals surface area contributed by atoms with Crippen molar-refractivity contribution in [2.24, 2.45) is 5.92 Å². The van der Waals surface area contributed by atoms with Gasteiger partial charge in [0.25, 0.3) is 5.91 Å². The molecule has 14 heteroatoms. The normalized spacial score (nSPS) is 15.2. The number of likely N-dealkylation sites (tertiary alicyclic amines) is 1. The molecule has 3 heterocycles. The monoisotopic (exact) mass is 569 g/mol. The minimum absolute atomic E-state index is 0.127. The Kier molecular flexibility index (Phi) is 10.0. The van der Waals surface area contributed by atoms with Gasteiger partial charge in [0, 0.05) is 26.1 Å². The molecule has 5 N–H and O–H groups in total. The molecule has 1 aliphatic heterocycles. The van der Waals surface area contributed by atoms with E-state index < -0.39 is 36.6 Å². The lowest BCUT2D eigenvalue weighted by molar-refractivity contribution is -0.147. The number of aromatic nitrogens is 4. The smallest absolute Gasteiger partial charge is 0.410 e. The van der Waals surface area contributed by atoms with Crippen LogP contribution in [0.1, 0.15) is 32.0 Å². The molecular formula is C27H32FN7O6. The zero-order chi connectivity index (χ0) is 29.4. The number of amides is 2. The van der Waals surface area contributed by atoms with Gasteiger partial charge < -0.3 is 35.6 Å². The molecule has 0 saturated carbocycles. The summed E-state index contributed by atoms with van der Waals surface area (Å²) < 4.78 is 25.4. The Labute approximate surface area is 235 Å². The summed E-state index contributed by atoms with van der Waals surface area (Å²) in [5.74, 6) is 5.93. The maximum atomic E-state index is 13.1. The van der Waals surface area contributed by atoms with Crippen molar-refractivity contribution in [2.45, 2.75) is 45.1 Å². The first kappa shape index (κ1) is 29.7. The molecule has 0 spiro atoms. The van der Waals surface area contributed by atoms with E-state index in [0.717, 1.165) is 12.8 Å². The number of anilines is 1. The third-order valence-electron chi connectivity index (χ3n) is 6.51. The first-order chi connectivity index (χ1) is 19.8. The van der Waals surface area contributed by atoms with Gasteiger partial charge in [0.15, 0.2) is 17.6 Å². The molecular weight excluding hydrogens is 537 g/mol. The number of hydrogen-bond donors (Lipinski definition) is 4. The number of halogens is 1. The molecule has 0 bridgehead atoms. The number of carbonyl (C=O) groups is 2. The fourth-order valence-corrected chi connectivity index (χ4v) is 4.27. The number of likely N-dealkylation sites (N-methyl/N-ethyl adjacent to an activating group) is 1. The Morgan fingerprint density at radius 2 is 1.98 bits per heavy atom. The molecule has 3 aromatic rings. The third kappa shape index (κ3) is 7.66. The van der Waals surface area contributed by atoms with Gasteiger partial charge in [-0.2, -0.15) is 0 Å². The molecule has 2 atom stereocenters. The van der Waals surface area contributed by atoms with Crippen LogP contribution in [0.5, 0.6) is 5.75 Å². The number of carbonyl (C=O) groups excluding carboxylic acids is 2. The summed E-state index contributed by atoms with van der Waals surface area (Å²) in [4.78, 5) is 39.1. The Morgan fingerprint density at radius 1 is 1.24 bits per heavy atom. The van der Waals surface area contributed by atoms with Gasteiger partial charge in [-0.15, -0.1) is 0 Å². The zero-order valence-corrected chi connectivity index (χ0v) is 22.5. The Balaban J connectivity index is 1.34. The summed E-state index contributed by atoms with van der Waals surface area (Å²) in [6.45, 7) is 2.25. The summed E-state index contributed by atoms with van der Waals surface area (Å²) in [5.41, 5.74) is 6.73. The number of nitrogens with two attached hydrogens (primary N) is 1. The van der Waals surface area contributed by atoms with Crippen LogP contribution in [0.2, 0.25) is 0 Å². The lowest BCUT2D eigenvalue weighted by Gasteiger charge is -2.30. The van der Waals surface area contributed by atoms with E-state index in [4.69, 9.17) is 15.2 Å². The van der Waals surface area contributed by atoms with E-state index in [1.807, 2.05) is 0 Å². The molecule has 218 valence electrons. The van der Waals surface area contributed by atoms with Crippen LogP contribution in [0.4, 0.5) is 15.0 Å². The minimum Gasteiger partial charge on any atom is -0.410 e. The molecule has 0 unspecified atom stereocenters. The largest absolute Gasteiger partial charge is 0.415 e. The molecule has 0 aliphatic carbocycles. The van der Waals surface area contributed by atoms with Crippen molar-refractivity contribution in [2.75, 3.05) is 32.0 Å². The van der Waals surface area contributed by atoms with E-state index in [-0.39, 0.29) is 30.0 Å². The highest BCUT2D eigenvalue weighted by atomic mass is 19.1. The van der Waals surface area contributed by atoms with E-state index in [1.54, 1.807) is 11.8 Å². The number of nitrogen functional groups attached to an aromatic ring is 1. The van der Waals surface area contributed by atoms with Gasteiger partial charge in [0.2, 0.25) is 5.82 Å². The number of nitrogens with zero attached hydrogens (tertiary/aromatic N) is 5. The first-order valence-electron chi connectivity index (χ1n) is 13.2. The van der Waals surface area contributed by atoms with Crippen LogP contribution in [0.25, 0.3) is 11.2 Å². The van der Waals surface area contributed by atoms with Gasteiger partial charge in [-0.1, -0.05) is 5.92 Å². The van der Waals surface area contributed by atoms with E-state index in [9.17, 15) is 24.2 Å². The average molecular weight is 570 g/mol. The van der Waals surface area contributed by atoms with Crippen LogP contribution in [-0.2, 0) is 16.3 Å². The van der Waals surface area contributed by atoms with Crippen LogP contribution in [0, 0.1) is 23.6 Å². The number of piperidine rings is 1. The third-order valence-corrected chi connectivity index (χ3v) is 6.51. The van der Waals surface area contributed by atoms with Crippen molar-refractivity contribution in [3.63, 3.8) is 0 Å². The molecule has 1 fully saturated rings. The van der Waals surface area contributed by atoms with Gasteiger partial charge in [-0.3, -0.25) is 9.36 Å². The van der Waals surface area contributed by atoms with Crippen molar-refractivity contribution >= 4 is 29.0 Å². The topological polar surface area (TPSA) is 178 Å². The lowest BCUT2D eigenvalue weighted by Crippen LogP contribution is -2.45.